The van der Waals surface area contributed by atoms with E-state index >= 15 is 0 Å². The molecule has 4 nitrogen and oxygen atoms in total. The van der Waals surface area contributed by atoms with Crippen LogP contribution in [0.5, 0.6) is 0 Å². The van der Waals surface area contributed by atoms with Crippen LogP contribution in [0.1, 0.15) is 13.3 Å². The van der Waals surface area contributed by atoms with Gasteiger partial charge in [0.15, 0.2) is 0 Å². The first kappa shape index (κ1) is 11.2. The van der Waals surface area contributed by atoms with E-state index in [1.807, 2.05) is 13.0 Å². The monoisotopic (exact) mass is 305 g/mol. The number of nitrogens with zero attached hydrogens (tertiary/aromatic N) is 1. The van der Waals surface area contributed by atoms with Crippen LogP contribution in [0.4, 0.5) is 10.6 Å². The summed E-state index contributed by atoms with van der Waals surface area (Å²) in [5.74, 6) is 0.569. The first-order chi connectivity index (χ1) is 6.72. The second-order valence-corrected chi connectivity index (χ2v) is 3.99. The molecule has 0 saturated carbocycles. The lowest BCUT2D eigenvalue weighted by Crippen LogP contribution is -2.29. The molecule has 2 N–H and O–H groups in total. The van der Waals surface area contributed by atoms with E-state index in [9.17, 15) is 4.79 Å². The van der Waals surface area contributed by atoms with Crippen molar-refractivity contribution in [2.24, 2.45) is 0 Å². The lowest BCUT2D eigenvalue weighted by molar-refractivity contribution is 0.252. The highest BCUT2D eigenvalue weighted by Crippen LogP contribution is 2.06. The van der Waals surface area contributed by atoms with Crippen molar-refractivity contribution in [2.45, 2.75) is 13.3 Å². The summed E-state index contributed by atoms with van der Waals surface area (Å²) in [4.78, 5) is 15.2. The fourth-order valence-electron chi connectivity index (χ4n) is 0.849. The Hall–Kier alpha value is -0.850. The molecule has 0 aliphatic heterocycles. The SMILES string of the molecule is CCCNC(=O)Nc1ccc(I)cn1. The van der Waals surface area contributed by atoms with Crippen LogP contribution < -0.4 is 10.6 Å². The third-order valence-electron chi connectivity index (χ3n) is 1.50. The summed E-state index contributed by atoms with van der Waals surface area (Å²) in [5, 5.41) is 5.34. The predicted molar refractivity (Wildman–Crippen MR) is 64.3 cm³/mol. The molecule has 14 heavy (non-hydrogen) atoms. The number of halogens is 1. The standard InChI is InChI=1S/C9H12IN3O/c1-2-5-11-9(14)13-8-4-3-7(10)6-12-8/h3-4,6H,2,5H2,1H3,(H2,11,12,13,14). The molecule has 1 aromatic heterocycles. The van der Waals surface area contributed by atoms with Crippen LogP contribution in [0.25, 0.3) is 0 Å². The fourth-order valence-corrected chi connectivity index (χ4v) is 1.17. The van der Waals surface area contributed by atoms with Gasteiger partial charge in [-0.2, -0.15) is 0 Å². The molecule has 1 rings (SSSR count). The molecule has 5 heteroatoms. The predicted octanol–water partition coefficient (Wildman–Crippen LogP) is 2.22. The van der Waals surface area contributed by atoms with E-state index in [-0.39, 0.29) is 6.03 Å². The van der Waals surface area contributed by atoms with E-state index in [0.29, 0.717) is 12.4 Å². The van der Waals surface area contributed by atoms with Crippen LogP contribution >= 0.6 is 22.6 Å². The molecule has 1 heterocycles. The molecular formula is C9H12IN3O. The van der Waals surface area contributed by atoms with E-state index in [1.165, 1.54) is 0 Å². The largest absolute Gasteiger partial charge is 0.338 e. The Morgan fingerprint density at radius 3 is 2.93 bits per heavy atom. The van der Waals surface area contributed by atoms with Crippen molar-refractivity contribution >= 4 is 34.4 Å². The third kappa shape index (κ3) is 3.91. The van der Waals surface area contributed by atoms with Gasteiger partial charge in [-0.1, -0.05) is 6.92 Å². The number of aromatic nitrogens is 1. The summed E-state index contributed by atoms with van der Waals surface area (Å²) in [5.41, 5.74) is 0. The summed E-state index contributed by atoms with van der Waals surface area (Å²) >= 11 is 2.16. The summed E-state index contributed by atoms with van der Waals surface area (Å²) < 4.78 is 1.04. The maximum absolute atomic E-state index is 11.2. The molecule has 2 amide bonds. The van der Waals surface area contributed by atoms with Crippen LogP contribution in [-0.4, -0.2) is 17.6 Å². The fraction of sp³-hybridized carbons (Fsp3) is 0.333. The highest BCUT2D eigenvalue weighted by Gasteiger charge is 2.00. The molecule has 0 bridgehead atoms. The van der Waals surface area contributed by atoms with E-state index < -0.39 is 0 Å². The van der Waals surface area contributed by atoms with Crippen LogP contribution in [0.15, 0.2) is 18.3 Å². The van der Waals surface area contributed by atoms with Crippen molar-refractivity contribution in [3.8, 4) is 0 Å². The Bertz CT molecular complexity index is 299. The molecule has 0 radical (unpaired) electrons. The van der Waals surface area contributed by atoms with Gasteiger partial charge in [-0.3, -0.25) is 5.32 Å². The van der Waals surface area contributed by atoms with Crippen molar-refractivity contribution < 1.29 is 4.79 Å². The minimum Gasteiger partial charge on any atom is -0.338 e. The number of amides is 2. The van der Waals surface area contributed by atoms with E-state index in [1.54, 1.807) is 12.3 Å². The zero-order chi connectivity index (χ0) is 10.4. The number of urea groups is 1. The number of nitrogens with one attached hydrogen (secondary N) is 2. The second-order valence-electron chi connectivity index (χ2n) is 2.74. The number of hydrogen-bond donors (Lipinski definition) is 2. The van der Waals surface area contributed by atoms with Gasteiger partial charge in [-0.05, 0) is 41.1 Å². The topological polar surface area (TPSA) is 54.0 Å². The zero-order valence-electron chi connectivity index (χ0n) is 7.88. The van der Waals surface area contributed by atoms with Crippen LogP contribution in [0.3, 0.4) is 0 Å². The number of anilines is 1. The van der Waals surface area contributed by atoms with Gasteiger partial charge in [-0.25, -0.2) is 9.78 Å². The minimum atomic E-state index is -0.208. The molecule has 76 valence electrons. The van der Waals surface area contributed by atoms with Crippen LogP contribution in [0.2, 0.25) is 0 Å². The first-order valence-corrected chi connectivity index (χ1v) is 5.46. The van der Waals surface area contributed by atoms with Crippen molar-refractivity contribution in [2.75, 3.05) is 11.9 Å². The zero-order valence-corrected chi connectivity index (χ0v) is 10.0. The van der Waals surface area contributed by atoms with Gasteiger partial charge in [-0.15, -0.1) is 0 Å². The highest BCUT2D eigenvalue weighted by atomic mass is 127. The molecule has 0 saturated heterocycles. The van der Waals surface area contributed by atoms with Gasteiger partial charge in [0.1, 0.15) is 5.82 Å². The number of rotatable bonds is 3. The molecule has 0 unspecified atom stereocenters. The average Bonchev–Trinajstić information content (AvgIpc) is 2.18. The highest BCUT2D eigenvalue weighted by molar-refractivity contribution is 14.1. The summed E-state index contributed by atoms with van der Waals surface area (Å²) in [7, 11) is 0. The quantitative estimate of drug-likeness (QED) is 0.841. The van der Waals surface area contributed by atoms with Crippen molar-refractivity contribution in [1.82, 2.24) is 10.3 Å². The van der Waals surface area contributed by atoms with Crippen molar-refractivity contribution in [1.29, 1.82) is 0 Å². The number of carbonyl (C=O) groups excluding carboxylic acids is 1. The van der Waals surface area contributed by atoms with Crippen LogP contribution in [-0.2, 0) is 0 Å². The molecule has 0 aliphatic rings. The summed E-state index contributed by atoms with van der Waals surface area (Å²) in [6.45, 7) is 2.68. The van der Waals surface area contributed by atoms with Gasteiger partial charge in [0.05, 0.1) is 0 Å². The normalized spacial score (nSPS) is 9.57. The number of hydrogen-bond acceptors (Lipinski definition) is 2. The second kappa shape index (κ2) is 5.79. The molecular weight excluding hydrogens is 293 g/mol. The summed E-state index contributed by atoms with van der Waals surface area (Å²) in [6.07, 6.45) is 2.63. The van der Waals surface area contributed by atoms with E-state index in [0.717, 1.165) is 9.99 Å². The molecule has 0 aromatic carbocycles. The van der Waals surface area contributed by atoms with Gasteiger partial charge in [0, 0.05) is 16.3 Å². The van der Waals surface area contributed by atoms with Crippen LogP contribution in [0, 0.1) is 3.57 Å². The lowest BCUT2D eigenvalue weighted by atomic mass is 10.4. The summed E-state index contributed by atoms with van der Waals surface area (Å²) in [6, 6.07) is 3.46. The third-order valence-corrected chi connectivity index (χ3v) is 2.14. The van der Waals surface area contributed by atoms with Gasteiger partial charge in [0.25, 0.3) is 0 Å². The Kier molecular flexibility index (Phi) is 4.64. The molecule has 0 aliphatic carbocycles. The first-order valence-electron chi connectivity index (χ1n) is 4.38. The molecule has 0 fully saturated rings. The van der Waals surface area contributed by atoms with E-state index in [2.05, 4.69) is 38.2 Å². The van der Waals surface area contributed by atoms with Crippen molar-refractivity contribution in [3.05, 3.63) is 21.9 Å². The smallest absolute Gasteiger partial charge is 0.320 e. The Morgan fingerprint density at radius 1 is 1.57 bits per heavy atom. The van der Waals surface area contributed by atoms with Crippen molar-refractivity contribution in [3.63, 3.8) is 0 Å². The van der Waals surface area contributed by atoms with Gasteiger partial charge < -0.3 is 5.32 Å². The maximum atomic E-state index is 11.2. The Labute approximate surface area is 96.6 Å². The average molecular weight is 305 g/mol. The molecule has 1 aromatic rings. The van der Waals surface area contributed by atoms with Gasteiger partial charge in [0.2, 0.25) is 0 Å². The molecule has 0 spiro atoms. The Balaban J connectivity index is 2.44. The maximum Gasteiger partial charge on any atom is 0.320 e. The molecule has 0 atom stereocenters. The Morgan fingerprint density at radius 2 is 2.36 bits per heavy atom. The minimum absolute atomic E-state index is 0.208. The van der Waals surface area contributed by atoms with Gasteiger partial charge >= 0.3 is 6.03 Å². The lowest BCUT2D eigenvalue weighted by Gasteiger charge is -2.05. The van der Waals surface area contributed by atoms with E-state index in [4.69, 9.17) is 0 Å². The number of pyridine rings is 1. The number of carbonyl (C=O) groups is 1.